The van der Waals surface area contributed by atoms with Gasteiger partial charge in [-0.3, -0.25) is 0 Å². The maximum absolute atomic E-state index is 3.60. The van der Waals surface area contributed by atoms with E-state index in [2.05, 4.69) is 57.0 Å². The molecule has 0 amide bonds. The van der Waals surface area contributed by atoms with Gasteiger partial charge in [0.1, 0.15) is 0 Å². The maximum atomic E-state index is 3.60. The summed E-state index contributed by atoms with van der Waals surface area (Å²) in [7, 11) is 0. The van der Waals surface area contributed by atoms with E-state index in [4.69, 9.17) is 0 Å². The minimum absolute atomic E-state index is 1.18. The van der Waals surface area contributed by atoms with Gasteiger partial charge in [-0.25, -0.2) is 0 Å². The molecule has 0 spiro atoms. The van der Waals surface area contributed by atoms with E-state index in [9.17, 15) is 0 Å². The molecule has 2 heteroatoms. The Morgan fingerprint density at radius 1 is 0.938 bits per heavy atom. The minimum atomic E-state index is 1.18. The zero-order valence-corrected chi connectivity index (χ0v) is 13.1. The third kappa shape index (κ3) is 5.49. The van der Waals surface area contributed by atoms with Crippen LogP contribution >= 0.6 is 31.9 Å². The van der Waals surface area contributed by atoms with Gasteiger partial charge in [-0.15, -0.1) is 0 Å². The fourth-order valence-electron chi connectivity index (χ4n) is 1.83. The Balaban J connectivity index is 2.23. The van der Waals surface area contributed by atoms with Crippen LogP contribution in [0.4, 0.5) is 0 Å². The van der Waals surface area contributed by atoms with Crippen molar-refractivity contribution in [1.29, 1.82) is 0 Å². The highest BCUT2D eigenvalue weighted by Gasteiger charge is 2.00. The van der Waals surface area contributed by atoms with Crippen LogP contribution in [0, 0.1) is 0 Å². The van der Waals surface area contributed by atoms with E-state index in [0.717, 1.165) is 0 Å². The van der Waals surface area contributed by atoms with Gasteiger partial charge in [0.15, 0.2) is 0 Å². The lowest BCUT2D eigenvalue weighted by Gasteiger charge is -2.05. The van der Waals surface area contributed by atoms with Crippen molar-refractivity contribution in [2.75, 3.05) is 0 Å². The molecule has 0 saturated carbocycles. The summed E-state index contributed by atoms with van der Waals surface area (Å²) in [6.07, 6.45) is 9.36. The lowest BCUT2D eigenvalue weighted by atomic mass is 10.1. The van der Waals surface area contributed by atoms with Gasteiger partial charge in [0, 0.05) is 8.95 Å². The topological polar surface area (TPSA) is 0 Å². The molecule has 0 bridgehead atoms. The van der Waals surface area contributed by atoms with Crippen LogP contribution in [-0.2, 0) is 6.42 Å². The molecule has 1 aromatic rings. The fraction of sp³-hybridized carbons (Fsp3) is 0.571. The Bertz CT molecular complexity index is 308. The molecule has 0 N–H and O–H groups in total. The molecule has 0 unspecified atom stereocenters. The molecule has 0 nitrogen and oxygen atoms in total. The van der Waals surface area contributed by atoms with Gasteiger partial charge in [0.05, 0.1) is 0 Å². The number of benzene rings is 1. The molecule has 0 aliphatic rings. The Labute approximate surface area is 116 Å². The van der Waals surface area contributed by atoms with E-state index in [0.29, 0.717) is 0 Å². The van der Waals surface area contributed by atoms with Gasteiger partial charge in [0.25, 0.3) is 0 Å². The van der Waals surface area contributed by atoms with E-state index in [1.54, 1.807) is 0 Å². The molecule has 0 aliphatic carbocycles. The van der Waals surface area contributed by atoms with Crippen molar-refractivity contribution in [2.45, 2.75) is 51.9 Å². The van der Waals surface area contributed by atoms with Crippen LogP contribution in [0.15, 0.2) is 27.1 Å². The largest absolute Gasteiger partial charge is 0.0654 e. The maximum Gasteiger partial charge on any atom is 0.0208 e. The highest BCUT2D eigenvalue weighted by atomic mass is 79.9. The van der Waals surface area contributed by atoms with Crippen molar-refractivity contribution in [3.8, 4) is 0 Å². The van der Waals surface area contributed by atoms with Gasteiger partial charge in [-0.2, -0.15) is 0 Å². The third-order valence-electron chi connectivity index (χ3n) is 2.81. The lowest BCUT2D eigenvalue weighted by molar-refractivity contribution is 0.607. The van der Waals surface area contributed by atoms with E-state index in [1.807, 2.05) is 0 Å². The Kier molecular flexibility index (Phi) is 7.39. The van der Waals surface area contributed by atoms with E-state index < -0.39 is 0 Å². The summed E-state index contributed by atoms with van der Waals surface area (Å²) in [5.74, 6) is 0. The molecule has 0 fully saturated rings. The average Bonchev–Trinajstić information content (AvgIpc) is 2.28. The molecule has 16 heavy (non-hydrogen) atoms. The molecule has 1 rings (SSSR count). The van der Waals surface area contributed by atoms with Gasteiger partial charge in [-0.1, -0.05) is 70.9 Å². The first kappa shape index (κ1) is 14.2. The predicted octanol–water partition coefficient (Wildman–Crippen LogP) is 6.11. The summed E-state index contributed by atoms with van der Waals surface area (Å²) in [6, 6.07) is 6.42. The second-order valence-electron chi connectivity index (χ2n) is 4.25. The van der Waals surface area contributed by atoms with Crippen LogP contribution in [0.2, 0.25) is 0 Å². The van der Waals surface area contributed by atoms with Crippen molar-refractivity contribution in [2.24, 2.45) is 0 Å². The number of hydrogen-bond acceptors (Lipinski definition) is 0. The van der Waals surface area contributed by atoms with E-state index in [1.165, 1.54) is 59.5 Å². The zero-order valence-electron chi connectivity index (χ0n) is 9.94. The number of aryl methyl sites for hydroxylation is 1. The lowest BCUT2D eigenvalue weighted by Crippen LogP contribution is -1.88. The number of rotatable bonds is 7. The summed E-state index contributed by atoms with van der Waals surface area (Å²) < 4.78 is 2.42. The summed E-state index contributed by atoms with van der Waals surface area (Å²) >= 11 is 7.12. The Morgan fingerprint density at radius 2 is 1.62 bits per heavy atom. The van der Waals surface area contributed by atoms with Gasteiger partial charge in [0.2, 0.25) is 0 Å². The Hall–Kier alpha value is 0.180. The summed E-state index contributed by atoms with van der Waals surface area (Å²) in [6.45, 7) is 2.26. The summed E-state index contributed by atoms with van der Waals surface area (Å²) in [4.78, 5) is 0. The standard InChI is InChI=1S/C14H20Br2/c1-2-3-4-5-6-7-8-12-11-13(15)9-10-14(12)16/h9-11H,2-8H2,1H3. The second kappa shape index (κ2) is 8.30. The van der Waals surface area contributed by atoms with Crippen LogP contribution in [0.3, 0.4) is 0 Å². The average molecular weight is 348 g/mol. The molecule has 0 aromatic heterocycles. The number of halogens is 2. The van der Waals surface area contributed by atoms with Crippen LogP contribution in [0.5, 0.6) is 0 Å². The quantitative estimate of drug-likeness (QED) is 0.521. The molecule has 0 aliphatic heterocycles. The van der Waals surface area contributed by atoms with Crippen LogP contribution in [0.25, 0.3) is 0 Å². The molecule has 1 aromatic carbocycles. The minimum Gasteiger partial charge on any atom is -0.0654 e. The Morgan fingerprint density at radius 3 is 2.38 bits per heavy atom. The van der Waals surface area contributed by atoms with Crippen LogP contribution in [-0.4, -0.2) is 0 Å². The smallest absolute Gasteiger partial charge is 0.0208 e. The SMILES string of the molecule is CCCCCCCCc1cc(Br)ccc1Br. The predicted molar refractivity (Wildman–Crippen MR) is 78.9 cm³/mol. The van der Waals surface area contributed by atoms with Crippen LogP contribution < -0.4 is 0 Å². The van der Waals surface area contributed by atoms with Crippen molar-refractivity contribution in [3.63, 3.8) is 0 Å². The van der Waals surface area contributed by atoms with Crippen molar-refractivity contribution in [1.82, 2.24) is 0 Å². The molecule has 0 atom stereocenters. The fourth-order valence-corrected chi connectivity index (χ4v) is 2.68. The molecular formula is C14H20Br2. The highest BCUT2D eigenvalue weighted by molar-refractivity contribution is 9.11. The molecule has 0 radical (unpaired) electrons. The van der Waals surface area contributed by atoms with Crippen molar-refractivity contribution in [3.05, 3.63) is 32.7 Å². The van der Waals surface area contributed by atoms with Crippen molar-refractivity contribution < 1.29 is 0 Å². The first-order valence-electron chi connectivity index (χ1n) is 6.18. The molecule has 0 heterocycles. The van der Waals surface area contributed by atoms with Gasteiger partial charge >= 0.3 is 0 Å². The highest BCUT2D eigenvalue weighted by Crippen LogP contribution is 2.23. The first-order chi connectivity index (χ1) is 7.74. The second-order valence-corrected chi connectivity index (χ2v) is 6.02. The van der Waals surface area contributed by atoms with E-state index in [-0.39, 0.29) is 0 Å². The zero-order chi connectivity index (χ0) is 11.8. The van der Waals surface area contributed by atoms with Gasteiger partial charge in [-0.05, 0) is 36.6 Å². The summed E-state index contributed by atoms with van der Waals surface area (Å²) in [5.41, 5.74) is 1.42. The first-order valence-corrected chi connectivity index (χ1v) is 7.76. The number of hydrogen-bond donors (Lipinski definition) is 0. The number of unbranched alkanes of at least 4 members (excludes halogenated alkanes) is 5. The van der Waals surface area contributed by atoms with Gasteiger partial charge < -0.3 is 0 Å². The molecule has 0 saturated heterocycles. The third-order valence-corrected chi connectivity index (χ3v) is 4.07. The molecule has 90 valence electrons. The van der Waals surface area contributed by atoms with Crippen molar-refractivity contribution >= 4 is 31.9 Å². The van der Waals surface area contributed by atoms with Crippen LogP contribution in [0.1, 0.15) is 51.0 Å². The van der Waals surface area contributed by atoms with E-state index >= 15 is 0 Å². The summed E-state index contributed by atoms with van der Waals surface area (Å²) in [5, 5.41) is 0. The normalized spacial score (nSPS) is 10.7. The molecular weight excluding hydrogens is 328 g/mol. The monoisotopic (exact) mass is 346 g/mol.